The zero-order valence-electron chi connectivity index (χ0n) is 44.2. The molecule has 0 aliphatic heterocycles. The van der Waals surface area contributed by atoms with E-state index in [0.29, 0.717) is 19.4 Å². The first-order valence-corrected chi connectivity index (χ1v) is 29.3. The maximum absolute atomic E-state index is 12.5. The average Bonchev–Trinajstić information content (AvgIpc) is 3.32. The van der Waals surface area contributed by atoms with Crippen molar-refractivity contribution in [3.63, 3.8) is 0 Å². The molecule has 0 aromatic carbocycles. The predicted octanol–water partition coefficient (Wildman–Crippen LogP) is 18.0. The summed E-state index contributed by atoms with van der Waals surface area (Å²) in [5.74, 6) is -0.0829. The summed E-state index contributed by atoms with van der Waals surface area (Å²) in [5, 5.41) is 23.2. The third kappa shape index (κ3) is 51.5. The van der Waals surface area contributed by atoms with Gasteiger partial charge in [-0.15, -0.1) is 0 Å². The third-order valence-electron chi connectivity index (χ3n) is 13.4. The molecule has 0 aromatic rings. The molecule has 3 N–H and O–H groups in total. The zero-order valence-corrected chi connectivity index (χ0v) is 44.2. The number of nitrogens with one attached hydrogen (secondary N) is 1. The van der Waals surface area contributed by atoms with Crippen LogP contribution < -0.4 is 5.32 Å². The van der Waals surface area contributed by atoms with E-state index in [4.69, 9.17) is 4.74 Å². The Balaban J connectivity index is 3.46. The SMILES string of the molecule is CCC/C=C\C/C=C\CCCCCCCC(=O)OCCCCCCCCCCCCCCCCCCCC(=O)NC(CO)C(O)/C=C/CCCCCCCCCCCCCCCCCCC. The van der Waals surface area contributed by atoms with Gasteiger partial charge in [0.2, 0.25) is 5.91 Å². The molecular weight excluding hydrogens is 815 g/mol. The maximum atomic E-state index is 12.5. The molecule has 0 saturated carbocycles. The Morgan fingerprint density at radius 3 is 1.21 bits per heavy atom. The lowest BCUT2D eigenvalue weighted by molar-refractivity contribution is -0.143. The van der Waals surface area contributed by atoms with E-state index in [2.05, 4.69) is 43.5 Å². The second-order valence-corrected chi connectivity index (χ2v) is 20.0. The number of rotatable bonds is 54. The first kappa shape index (κ1) is 64.1. The van der Waals surface area contributed by atoms with Gasteiger partial charge >= 0.3 is 5.97 Å². The fourth-order valence-electron chi connectivity index (χ4n) is 8.91. The number of carbonyl (C=O) groups excluding carboxylic acids is 2. The highest BCUT2D eigenvalue weighted by atomic mass is 16.5. The molecule has 6 nitrogen and oxygen atoms in total. The number of aliphatic hydroxyl groups is 2. The Morgan fingerprint density at radius 2 is 0.788 bits per heavy atom. The Hall–Kier alpha value is -1.92. The lowest BCUT2D eigenvalue weighted by atomic mass is 10.0. The van der Waals surface area contributed by atoms with Crippen LogP contribution in [0, 0.1) is 0 Å². The first-order valence-electron chi connectivity index (χ1n) is 29.3. The molecule has 2 atom stereocenters. The van der Waals surface area contributed by atoms with Crippen molar-refractivity contribution in [2.75, 3.05) is 13.2 Å². The number of allylic oxidation sites excluding steroid dienone is 5. The van der Waals surface area contributed by atoms with Gasteiger partial charge in [0.25, 0.3) is 0 Å². The predicted molar refractivity (Wildman–Crippen MR) is 287 cm³/mol. The molecule has 0 rings (SSSR count). The highest BCUT2D eigenvalue weighted by Gasteiger charge is 2.18. The lowest BCUT2D eigenvalue weighted by Crippen LogP contribution is -2.45. The number of esters is 1. The highest BCUT2D eigenvalue weighted by molar-refractivity contribution is 5.76. The minimum Gasteiger partial charge on any atom is -0.466 e. The van der Waals surface area contributed by atoms with E-state index in [1.54, 1.807) is 6.08 Å². The van der Waals surface area contributed by atoms with Crippen molar-refractivity contribution in [2.24, 2.45) is 0 Å². The fourth-order valence-corrected chi connectivity index (χ4v) is 8.91. The highest BCUT2D eigenvalue weighted by Crippen LogP contribution is 2.17. The number of hydrogen-bond acceptors (Lipinski definition) is 5. The van der Waals surface area contributed by atoms with Crippen molar-refractivity contribution < 1.29 is 24.5 Å². The molecule has 2 unspecified atom stereocenters. The quantitative estimate of drug-likeness (QED) is 0.0321. The Morgan fingerprint density at radius 1 is 0.424 bits per heavy atom. The Kier molecular flexibility index (Phi) is 54.1. The van der Waals surface area contributed by atoms with Crippen LogP contribution in [0.5, 0.6) is 0 Å². The van der Waals surface area contributed by atoms with Gasteiger partial charge in [0.1, 0.15) is 0 Å². The normalized spacial score (nSPS) is 12.8. The van der Waals surface area contributed by atoms with E-state index in [9.17, 15) is 19.8 Å². The fraction of sp³-hybridized carbons (Fsp3) is 0.867. The standard InChI is InChI=1S/C60H113NO5/c1-3-5-7-9-11-13-15-17-18-19-20-22-25-29-32-36-40-44-48-52-58(63)57(56-62)61-59(64)53-49-45-41-37-33-30-26-23-21-24-27-31-35-39-43-47-51-55-66-60(65)54-50-46-42-38-34-28-16-14-12-10-8-6-4-2/h8,10,14,16,48,52,57-58,62-63H,3-7,9,11-13,15,17-47,49-51,53-56H2,1-2H3,(H,61,64)/b10-8-,16-14-,52-48+. The van der Waals surface area contributed by atoms with Crippen molar-refractivity contribution in [3.8, 4) is 0 Å². The van der Waals surface area contributed by atoms with E-state index in [0.717, 1.165) is 51.4 Å². The van der Waals surface area contributed by atoms with Crippen LogP contribution in [0.1, 0.15) is 309 Å². The first-order chi connectivity index (χ1) is 32.5. The van der Waals surface area contributed by atoms with Crippen molar-refractivity contribution in [2.45, 2.75) is 321 Å². The van der Waals surface area contributed by atoms with Gasteiger partial charge in [-0.25, -0.2) is 0 Å². The van der Waals surface area contributed by atoms with Crippen LogP contribution in [0.3, 0.4) is 0 Å². The molecule has 0 fully saturated rings. The molecule has 0 aromatic heterocycles. The Bertz CT molecular complexity index is 1070. The summed E-state index contributed by atoms with van der Waals surface area (Å²) in [6, 6.07) is -0.633. The number of unbranched alkanes of at least 4 members (excludes halogenated alkanes) is 39. The van der Waals surface area contributed by atoms with E-state index >= 15 is 0 Å². The summed E-state index contributed by atoms with van der Waals surface area (Å²) in [5.41, 5.74) is 0. The summed E-state index contributed by atoms with van der Waals surface area (Å²) in [6.07, 6.45) is 68.8. The molecule has 0 bridgehead atoms. The van der Waals surface area contributed by atoms with Gasteiger partial charge < -0.3 is 20.3 Å². The molecule has 1 amide bonds. The van der Waals surface area contributed by atoms with Gasteiger partial charge in [-0.05, 0) is 57.8 Å². The van der Waals surface area contributed by atoms with Crippen molar-refractivity contribution in [1.82, 2.24) is 5.32 Å². The van der Waals surface area contributed by atoms with Crippen LogP contribution in [-0.4, -0.2) is 47.4 Å². The van der Waals surface area contributed by atoms with Gasteiger partial charge in [0.05, 0.1) is 25.4 Å². The molecule has 0 saturated heterocycles. The number of carbonyl (C=O) groups is 2. The number of hydrogen-bond donors (Lipinski definition) is 3. The van der Waals surface area contributed by atoms with Crippen LogP contribution in [0.2, 0.25) is 0 Å². The molecule has 66 heavy (non-hydrogen) atoms. The summed E-state index contributed by atoms with van der Waals surface area (Å²) < 4.78 is 5.46. The molecule has 0 heterocycles. The van der Waals surface area contributed by atoms with Gasteiger partial charge in [-0.2, -0.15) is 0 Å². The zero-order chi connectivity index (χ0) is 47.9. The number of aliphatic hydroxyl groups excluding tert-OH is 2. The Labute approximate surface area is 411 Å². The smallest absolute Gasteiger partial charge is 0.305 e. The van der Waals surface area contributed by atoms with Crippen LogP contribution in [0.25, 0.3) is 0 Å². The van der Waals surface area contributed by atoms with E-state index in [1.165, 1.54) is 231 Å². The van der Waals surface area contributed by atoms with Gasteiger partial charge in [0, 0.05) is 12.8 Å². The third-order valence-corrected chi connectivity index (χ3v) is 13.4. The molecule has 0 aliphatic rings. The van der Waals surface area contributed by atoms with Crippen molar-refractivity contribution in [1.29, 1.82) is 0 Å². The van der Waals surface area contributed by atoms with Gasteiger partial charge in [-0.3, -0.25) is 9.59 Å². The second-order valence-electron chi connectivity index (χ2n) is 20.0. The van der Waals surface area contributed by atoms with Crippen LogP contribution >= 0.6 is 0 Å². The molecule has 388 valence electrons. The largest absolute Gasteiger partial charge is 0.466 e. The van der Waals surface area contributed by atoms with Crippen LogP contribution in [-0.2, 0) is 14.3 Å². The summed E-state index contributed by atoms with van der Waals surface area (Å²) in [7, 11) is 0. The molecular formula is C60H113NO5. The summed E-state index contributed by atoms with van der Waals surface area (Å²) >= 11 is 0. The topological polar surface area (TPSA) is 95.9 Å². The summed E-state index contributed by atoms with van der Waals surface area (Å²) in [4.78, 5) is 24.5. The monoisotopic (exact) mass is 928 g/mol. The van der Waals surface area contributed by atoms with Crippen molar-refractivity contribution in [3.05, 3.63) is 36.5 Å². The summed E-state index contributed by atoms with van der Waals surface area (Å²) in [6.45, 7) is 4.84. The molecule has 0 radical (unpaired) electrons. The van der Waals surface area contributed by atoms with E-state index in [-0.39, 0.29) is 18.5 Å². The van der Waals surface area contributed by atoms with Crippen LogP contribution in [0.4, 0.5) is 0 Å². The second kappa shape index (κ2) is 55.7. The number of ether oxygens (including phenoxy) is 1. The van der Waals surface area contributed by atoms with E-state index in [1.807, 2.05) is 6.08 Å². The van der Waals surface area contributed by atoms with E-state index < -0.39 is 12.1 Å². The molecule has 0 aliphatic carbocycles. The minimum absolute atomic E-state index is 0.0109. The molecule has 0 spiro atoms. The minimum atomic E-state index is -0.849. The van der Waals surface area contributed by atoms with Crippen LogP contribution in [0.15, 0.2) is 36.5 Å². The van der Waals surface area contributed by atoms with Crippen molar-refractivity contribution >= 4 is 11.9 Å². The number of amides is 1. The lowest BCUT2D eigenvalue weighted by Gasteiger charge is -2.20. The van der Waals surface area contributed by atoms with Gasteiger partial charge in [0.15, 0.2) is 0 Å². The average molecular weight is 929 g/mol. The molecule has 6 heteroatoms. The maximum Gasteiger partial charge on any atom is 0.305 e. The van der Waals surface area contributed by atoms with Gasteiger partial charge in [-0.1, -0.05) is 275 Å².